The Morgan fingerprint density at radius 1 is 1.05 bits per heavy atom. The molecule has 0 spiro atoms. The highest BCUT2D eigenvalue weighted by Gasteiger charge is 2.34. The van der Waals surface area contributed by atoms with Gasteiger partial charge in [-0.25, -0.2) is 4.98 Å². The van der Waals surface area contributed by atoms with Gasteiger partial charge in [-0.15, -0.1) is 0 Å². The number of rotatable bonds is 2. The molecule has 1 aromatic heterocycles. The molecule has 0 unspecified atom stereocenters. The molecule has 0 aliphatic heterocycles. The van der Waals surface area contributed by atoms with Gasteiger partial charge in [0.15, 0.2) is 0 Å². The maximum atomic E-state index is 13.1. The van der Waals surface area contributed by atoms with Gasteiger partial charge in [-0.05, 0) is 23.6 Å². The van der Waals surface area contributed by atoms with Crippen LogP contribution in [0.1, 0.15) is 56.5 Å². The zero-order valence-electron chi connectivity index (χ0n) is 11.4. The van der Waals surface area contributed by atoms with E-state index in [4.69, 9.17) is 0 Å². The molecule has 0 amide bonds. The maximum absolute atomic E-state index is 13.1. The monoisotopic (exact) mass is 270 g/mol. The molecule has 0 fully saturated rings. The number of aromatic nitrogens is 2. The molecular weight excluding hydrogens is 253 g/mol. The number of fused-ring (bicyclic) bond motifs is 1. The maximum Gasteiger partial charge on any atom is 0.418 e. The van der Waals surface area contributed by atoms with Crippen LogP contribution in [-0.2, 0) is 6.18 Å². The van der Waals surface area contributed by atoms with Crippen molar-refractivity contribution in [3.63, 3.8) is 0 Å². The fourth-order valence-corrected chi connectivity index (χ4v) is 1.98. The number of H-pyrrole nitrogens is 1. The minimum Gasteiger partial charge on any atom is -0.342 e. The first-order valence-corrected chi connectivity index (χ1v) is 6.31. The lowest BCUT2D eigenvalue weighted by Gasteiger charge is -2.11. The van der Waals surface area contributed by atoms with Crippen LogP contribution in [0, 0.1) is 0 Å². The summed E-state index contributed by atoms with van der Waals surface area (Å²) >= 11 is 0. The van der Waals surface area contributed by atoms with E-state index in [0.29, 0.717) is 16.9 Å². The molecule has 0 atom stereocenters. The fraction of sp³-hybridized carbons (Fsp3) is 0.500. The van der Waals surface area contributed by atoms with Crippen molar-refractivity contribution in [1.29, 1.82) is 0 Å². The third-order valence-electron chi connectivity index (χ3n) is 3.15. The van der Waals surface area contributed by atoms with E-state index in [0.717, 1.165) is 0 Å². The minimum absolute atomic E-state index is 0.0144. The second kappa shape index (κ2) is 4.54. The first-order valence-electron chi connectivity index (χ1n) is 6.31. The van der Waals surface area contributed by atoms with Gasteiger partial charge in [-0.2, -0.15) is 13.2 Å². The highest BCUT2D eigenvalue weighted by molar-refractivity contribution is 5.80. The van der Waals surface area contributed by atoms with Crippen LogP contribution in [0.2, 0.25) is 0 Å². The Kier molecular flexibility index (Phi) is 3.32. The summed E-state index contributed by atoms with van der Waals surface area (Å²) in [5.74, 6) is 0.689. The van der Waals surface area contributed by atoms with Crippen molar-refractivity contribution in [2.75, 3.05) is 0 Å². The number of alkyl halides is 3. The quantitative estimate of drug-likeness (QED) is 0.832. The number of hydrogen-bond acceptors (Lipinski definition) is 1. The lowest BCUT2D eigenvalue weighted by Crippen LogP contribution is -2.07. The van der Waals surface area contributed by atoms with Gasteiger partial charge in [0.1, 0.15) is 11.3 Å². The first kappa shape index (κ1) is 13.9. The van der Waals surface area contributed by atoms with E-state index >= 15 is 0 Å². The molecular formula is C14H17F3N2. The Morgan fingerprint density at radius 3 is 2.16 bits per heavy atom. The topological polar surface area (TPSA) is 28.7 Å². The Bertz CT molecular complexity index is 594. The predicted octanol–water partition coefficient (Wildman–Crippen LogP) is 4.83. The van der Waals surface area contributed by atoms with E-state index in [-0.39, 0.29) is 17.4 Å². The summed E-state index contributed by atoms with van der Waals surface area (Å²) in [6, 6.07) is 2.96. The lowest BCUT2D eigenvalue weighted by molar-refractivity contribution is -0.136. The molecule has 19 heavy (non-hydrogen) atoms. The van der Waals surface area contributed by atoms with Gasteiger partial charge >= 0.3 is 6.18 Å². The van der Waals surface area contributed by atoms with Crippen LogP contribution < -0.4 is 0 Å². The number of benzene rings is 1. The number of halogens is 3. The number of nitrogens with one attached hydrogen (secondary N) is 1. The summed E-state index contributed by atoms with van der Waals surface area (Å²) in [6.07, 6.45) is -4.38. The molecule has 1 aromatic carbocycles. The molecule has 2 aromatic rings. The molecule has 5 heteroatoms. The van der Waals surface area contributed by atoms with Gasteiger partial charge < -0.3 is 4.98 Å². The standard InChI is InChI=1S/C14H17F3N2/c1-7(2)9-5-10(14(15,16)17)12-11(6-9)18-13(19-12)8(3)4/h5-8H,1-4H3,(H,18,19). The van der Waals surface area contributed by atoms with E-state index in [2.05, 4.69) is 9.97 Å². The van der Waals surface area contributed by atoms with E-state index in [1.54, 1.807) is 6.07 Å². The molecule has 0 aliphatic carbocycles. The summed E-state index contributed by atoms with van der Waals surface area (Å²) in [6.45, 7) is 7.55. The third kappa shape index (κ3) is 2.60. The van der Waals surface area contributed by atoms with Gasteiger partial charge in [0.2, 0.25) is 0 Å². The van der Waals surface area contributed by atoms with Crippen LogP contribution in [-0.4, -0.2) is 9.97 Å². The van der Waals surface area contributed by atoms with Crippen LogP contribution in [0.4, 0.5) is 13.2 Å². The molecule has 1 N–H and O–H groups in total. The molecule has 104 valence electrons. The average molecular weight is 270 g/mol. The molecule has 2 rings (SSSR count). The Hall–Kier alpha value is -1.52. The zero-order valence-corrected chi connectivity index (χ0v) is 11.4. The number of imidazole rings is 1. The van der Waals surface area contributed by atoms with Gasteiger partial charge in [0, 0.05) is 5.92 Å². The summed E-state index contributed by atoms with van der Waals surface area (Å²) in [7, 11) is 0. The molecule has 0 radical (unpaired) electrons. The van der Waals surface area contributed by atoms with E-state index in [9.17, 15) is 13.2 Å². The molecule has 0 aliphatic rings. The summed E-state index contributed by atoms with van der Waals surface area (Å²) in [4.78, 5) is 7.10. The summed E-state index contributed by atoms with van der Waals surface area (Å²) in [5.41, 5.74) is 0.485. The molecule has 0 saturated heterocycles. The van der Waals surface area contributed by atoms with Crippen molar-refractivity contribution in [2.24, 2.45) is 0 Å². The normalized spacial score (nSPS) is 12.9. The molecule has 1 heterocycles. The Morgan fingerprint density at radius 2 is 1.68 bits per heavy atom. The van der Waals surface area contributed by atoms with Gasteiger partial charge in [0.25, 0.3) is 0 Å². The molecule has 2 nitrogen and oxygen atoms in total. The van der Waals surface area contributed by atoms with Gasteiger partial charge in [-0.1, -0.05) is 27.7 Å². The molecule has 0 saturated carbocycles. The van der Waals surface area contributed by atoms with Crippen molar-refractivity contribution in [2.45, 2.75) is 45.7 Å². The highest BCUT2D eigenvalue weighted by atomic mass is 19.4. The van der Waals surface area contributed by atoms with Crippen molar-refractivity contribution in [3.8, 4) is 0 Å². The predicted molar refractivity (Wildman–Crippen MR) is 69.3 cm³/mol. The smallest absolute Gasteiger partial charge is 0.342 e. The van der Waals surface area contributed by atoms with Crippen LogP contribution in [0.3, 0.4) is 0 Å². The van der Waals surface area contributed by atoms with Crippen molar-refractivity contribution in [1.82, 2.24) is 9.97 Å². The van der Waals surface area contributed by atoms with E-state index in [1.165, 1.54) is 6.07 Å². The van der Waals surface area contributed by atoms with Crippen LogP contribution in [0.25, 0.3) is 11.0 Å². The van der Waals surface area contributed by atoms with Crippen molar-refractivity contribution < 1.29 is 13.2 Å². The third-order valence-corrected chi connectivity index (χ3v) is 3.15. The zero-order chi connectivity index (χ0) is 14.4. The second-order valence-electron chi connectivity index (χ2n) is 5.39. The van der Waals surface area contributed by atoms with Crippen molar-refractivity contribution in [3.05, 3.63) is 29.1 Å². The average Bonchev–Trinajstić information content (AvgIpc) is 2.69. The van der Waals surface area contributed by atoms with Crippen LogP contribution in [0.5, 0.6) is 0 Å². The van der Waals surface area contributed by atoms with Gasteiger partial charge in [0.05, 0.1) is 11.1 Å². The Labute approximate surface area is 110 Å². The Balaban J connectivity index is 2.75. The van der Waals surface area contributed by atoms with Crippen molar-refractivity contribution >= 4 is 11.0 Å². The summed E-state index contributed by atoms with van der Waals surface area (Å²) < 4.78 is 39.4. The second-order valence-corrected chi connectivity index (χ2v) is 5.39. The number of hydrogen-bond donors (Lipinski definition) is 1. The highest BCUT2D eigenvalue weighted by Crippen LogP contribution is 2.36. The fourth-order valence-electron chi connectivity index (χ4n) is 1.98. The lowest BCUT2D eigenvalue weighted by atomic mass is 9.99. The van der Waals surface area contributed by atoms with E-state index in [1.807, 2.05) is 27.7 Å². The largest absolute Gasteiger partial charge is 0.418 e. The van der Waals surface area contributed by atoms with Crippen LogP contribution in [0.15, 0.2) is 12.1 Å². The number of aromatic amines is 1. The van der Waals surface area contributed by atoms with E-state index < -0.39 is 11.7 Å². The molecule has 0 bridgehead atoms. The summed E-state index contributed by atoms with van der Waals surface area (Å²) in [5, 5.41) is 0. The first-order chi connectivity index (χ1) is 8.70. The minimum atomic E-state index is -4.38. The van der Waals surface area contributed by atoms with Crippen LogP contribution >= 0.6 is 0 Å². The SMILES string of the molecule is CC(C)c1cc(C(F)(F)F)c2nc(C(C)C)[nH]c2c1. The van der Waals surface area contributed by atoms with Gasteiger partial charge in [-0.3, -0.25) is 0 Å². The number of nitrogens with zero attached hydrogens (tertiary/aromatic N) is 1.